The molecule has 0 aliphatic rings. The number of anilines is 2. The van der Waals surface area contributed by atoms with Crippen molar-refractivity contribution in [2.45, 2.75) is 34.6 Å². The van der Waals surface area contributed by atoms with Gasteiger partial charge in [-0.2, -0.15) is 0 Å². The van der Waals surface area contributed by atoms with Crippen LogP contribution in [0.3, 0.4) is 0 Å². The maximum atomic E-state index is 11.2. The van der Waals surface area contributed by atoms with Gasteiger partial charge in [0, 0.05) is 13.1 Å². The molecule has 1 aromatic heterocycles. The van der Waals surface area contributed by atoms with E-state index >= 15 is 0 Å². The van der Waals surface area contributed by atoms with Crippen LogP contribution in [0.5, 0.6) is 0 Å². The molecule has 2 N–H and O–H groups in total. The van der Waals surface area contributed by atoms with Crippen molar-refractivity contribution >= 4 is 17.3 Å². The smallest absolute Gasteiger partial charge is 0.353 e. The summed E-state index contributed by atoms with van der Waals surface area (Å²) in [6, 6.07) is 0. The normalized spacial score (nSPS) is 11.5. The molecular formula is C13H23N5O2. The minimum absolute atomic E-state index is 0.0111. The Labute approximate surface area is 119 Å². The third kappa shape index (κ3) is 3.79. The van der Waals surface area contributed by atoms with E-state index in [1.807, 2.05) is 6.92 Å². The molecule has 1 heterocycles. The summed E-state index contributed by atoms with van der Waals surface area (Å²) in [4.78, 5) is 18.7. The number of nitro groups is 1. The van der Waals surface area contributed by atoms with E-state index in [1.165, 1.54) is 6.33 Å². The van der Waals surface area contributed by atoms with Crippen molar-refractivity contribution in [3.8, 4) is 0 Å². The van der Waals surface area contributed by atoms with Crippen molar-refractivity contribution in [3.05, 3.63) is 16.4 Å². The molecule has 0 amide bonds. The van der Waals surface area contributed by atoms with Gasteiger partial charge in [-0.05, 0) is 18.3 Å². The second-order valence-corrected chi connectivity index (χ2v) is 5.70. The van der Waals surface area contributed by atoms with Gasteiger partial charge in [0.1, 0.15) is 6.33 Å². The number of rotatable bonds is 7. The maximum Gasteiger partial charge on any atom is 0.353 e. The zero-order chi connectivity index (χ0) is 15.3. The Balaban J connectivity index is 3.00. The first-order valence-electron chi connectivity index (χ1n) is 6.76. The van der Waals surface area contributed by atoms with E-state index in [1.54, 1.807) is 0 Å². The topological polar surface area (TPSA) is 93.0 Å². The standard InChI is InChI=1S/C13H23N5O2/c1-6-14-11-10(18(19)20)12(17-8-16-11)15-7-13(4,5)9(2)3/h8-9H,6-7H2,1-5H3,(H2,14,15,16,17). The molecule has 112 valence electrons. The monoisotopic (exact) mass is 281 g/mol. The van der Waals surface area contributed by atoms with Crippen molar-refractivity contribution < 1.29 is 4.92 Å². The quantitative estimate of drug-likeness (QED) is 0.589. The lowest BCUT2D eigenvalue weighted by atomic mass is 9.81. The van der Waals surface area contributed by atoms with Crippen LogP contribution in [0.4, 0.5) is 17.3 Å². The van der Waals surface area contributed by atoms with Crippen LogP contribution in [0, 0.1) is 21.4 Å². The molecule has 0 aromatic carbocycles. The molecule has 20 heavy (non-hydrogen) atoms. The number of nitrogens with one attached hydrogen (secondary N) is 2. The lowest BCUT2D eigenvalue weighted by Gasteiger charge is -2.29. The Kier molecular flexibility index (Phi) is 5.24. The summed E-state index contributed by atoms with van der Waals surface area (Å²) in [6.45, 7) is 11.5. The molecule has 1 aromatic rings. The summed E-state index contributed by atoms with van der Waals surface area (Å²) < 4.78 is 0. The van der Waals surface area contributed by atoms with Crippen molar-refractivity contribution in [1.29, 1.82) is 0 Å². The zero-order valence-electron chi connectivity index (χ0n) is 12.7. The first-order chi connectivity index (χ1) is 9.29. The Bertz CT molecular complexity index is 474. The highest BCUT2D eigenvalue weighted by atomic mass is 16.6. The van der Waals surface area contributed by atoms with Crippen LogP contribution in [-0.4, -0.2) is 28.0 Å². The first-order valence-corrected chi connectivity index (χ1v) is 6.76. The van der Waals surface area contributed by atoms with Gasteiger partial charge < -0.3 is 10.6 Å². The van der Waals surface area contributed by atoms with E-state index in [0.29, 0.717) is 19.0 Å². The Morgan fingerprint density at radius 3 is 2.30 bits per heavy atom. The van der Waals surface area contributed by atoms with Crippen LogP contribution in [0.1, 0.15) is 34.6 Å². The van der Waals surface area contributed by atoms with Crippen LogP contribution >= 0.6 is 0 Å². The molecule has 0 atom stereocenters. The molecule has 0 saturated heterocycles. The largest absolute Gasteiger partial charge is 0.364 e. The Morgan fingerprint density at radius 1 is 1.30 bits per heavy atom. The third-order valence-corrected chi connectivity index (χ3v) is 3.62. The van der Waals surface area contributed by atoms with Gasteiger partial charge in [0.2, 0.25) is 11.6 Å². The number of hydrogen-bond acceptors (Lipinski definition) is 6. The summed E-state index contributed by atoms with van der Waals surface area (Å²) in [7, 11) is 0. The van der Waals surface area contributed by atoms with Gasteiger partial charge in [0.05, 0.1) is 4.92 Å². The molecule has 7 nitrogen and oxygen atoms in total. The molecule has 7 heteroatoms. The number of hydrogen-bond donors (Lipinski definition) is 2. The average molecular weight is 281 g/mol. The van der Waals surface area contributed by atoms with Gasteiger partial charge in [-0.3, -0.25) is 10.1 Å². The summed E-state index contributed by atoms with van der Waals surface area (Å²) >= 11 is 0. The van der Waals surface area contributed by atoms with Crippen molar-refractivity contribution in [3.63, 3.8) is 0 Å². The summed E-state index contributed by atoms with van der Waals surface area (Å²) in [5.74, 6) is 0.955. The van der Waals surface area contributed by atoms with Crippen molar-refractivity contribution in [2.24, 2.45) is 11.3 Å². The highest BCUT2D eigenvalue weighted by molar-refractivity contribution is 5.69. The second kappa shape index (κ2) is 6.49. The minimum Gasteiger partial charge on any atom is -0.364 e. The fraction of sp³-hybridized carbons (Fsp3) is 0.692. The number of aromatic nitrogens is 2. The Hall–Kier alpha value is -1.92. The van der Waals surface area contributed by atoms with Crippen molar-refractivity contribution in [1.82, 2.24) is 9.97 Å². The number of nitrogens with zero attached hydrogens (tertiary/aromatic N) is 3. The van der Waals surface area contributed by atoms with Gasteiger partial charge in [-0.25, -0.2) is 9.97 Å². The lowest BCUT2D eigenvalue weighted by molar-refractivity contribution is -0.383. The van der Waals surface area contributed by atoms with Gasteiger partial charge in [-0.15, -0.1) is 0 Å². The highest BCUT2D eigenvalue weighted by Gasteiger charge is 2.26. The van der Waals surface area contributed by atoms with E-state index in [2.05, 4.69) is 48.3 Å². The first kappa shape index (κ1) is 16.1. The highest BCUT2D eigenvalue weighted by Crippen LogP contribution is 2.31. The molecule has 0 unspecified atom stereocenters. The van der Waals surface area contributed by atoms with Crippen LogP contribution in [0.25, 0.3) is 0 Å². The molecule has 0 saturated carbocycles. The summed E-state index contributed by atoms with van der Waals surface area (Å²) in [5, 5.41) is 17.2. The zero-order valence-corrected chi connectivity index (χ0v) is 12.7. The predicted octanol–water partition coefficient (Wildman–Crippen LogP) is 2.91. The van der Waals surface area contributed by atoms with E-state index in [-0.39, 0.29) is 22.7 Å². The van der Waals surface area contributed by atoms with Gasteiger partial charge >= 0.3 is 5.69 Å². The third-order valence-electron chi connectivity index (χ3n) is 3.62. The fourth-order valence-electron chi connectivity index (χ4n) is 1.49. The van der Waals surface area contributed by atoms with Crippen LogP contribution < -0.4 is 10.6 Å². The maximum absolute atomic E-state index is 11.2. The van der Waals surface area contributed by atoms with E-state index in [9.17, 15) is 10.1 Å². The van der Waals surface area contributed by atoms with Crippen molar-refractivity contribution in [2.75, 3.05) is 23.7 Å². The molecule has 1 rings (SSSR count). The summed E-state index contributed by atoms with van der Waals surface area (Å²) in [6.07, 6.45) is 1.33. The van der Waals surface area contributed by atoms with Gasteiger partial charge in [0.15, 0.2) is 0 Å². The lowest BCUT2D eigenvalue weighted by Crippen LogP contribution is -2.29. The van der Waals surface area contributed by atoms with E-state index in [4.69, 9.17) is 0 Å². The average Bonchev–Trinajstić information content (AvgIpc) is 2.36. The SMILES string of the molecule is CCNc1ncnc(NCC(C)(C)C(C)C)c1[N+](=O)[O-]. The molecule has 0 radical (unpaired) electrons. The molecule has 0 aliphatic carbocycles. The van der Waals surface area contributed by atoms with Gasteiger partial charge in [-0.1, -0.05) is 27.7 Å². The minimum atomic E-state index is -0.456. The fourth-order valence-corrected chi connectivity index (χ4v) is 1.49. The van der Waals surface area contributed by atoms with Gasteiger partial charge in [0.25, 0.3) is 0 Å². The molecule has 0 fully saturated rings. The molecule has 0 aliphatic heterocycles. The van der Waals surface area contributed by atoms with Crippen LogP contribution in [-0.2, 0) is 0 Å². The van der Waals surface area contributed by atoms with E-state index < -0.39 is 4.92 Å². The van der Waals surface area contributed by atoms with Crippen LogP contribution in [0.15, 0.2) is 6.33 Å². The predicted molar refractivity (Wildman–Crippen MR) is 80.0 cm³/mol. The molecule has 0 spiro atoms. The molecular weight excluding hydrogens is 258 g/mol. The Morgan fingerprint density at radius 2 is 1.85 bits per heavy atom. The summed E-state index contributed by atoms with van der Waals surface area (Å²) in [5.41, 5.74) is -0.0918. The second-order valence-electron chi connectivity index (χ2n) is 5.70. The molecule has 0 bridgehead atoms. The van der Waals surface area contributed by atoms with Crippen LogP contribution in [0.2, 0.25) is 0 Å². The van der Waals surface area contributed by atoms with E-state index in [0.717, 1.165) is 0 Å².